The highest BCUT2D eigenvalue weighted by Crippen LogP contribution is 2.27. The van der Waals surface area contributed by atoms with Gasteiger partial charge in [0.05, 0.1) is 0 Å². The number of hydrogen-bond acceptors (Lipinski definition) is 2. The van der Waals surface area contributed by atoms with Gasteiger partial charge in [-0.15, -0.1) is 0 Å². The molecule has 3 heteroatoms. The molecule has 0 spiro atoms. The van der Waals surface area contributed by atoms with Gasteiger partial charge < -0.3 is 0 Å². The summed E-state index contributed by atoms with van der Waals surface area (Å²) in [7, 11) is 0. The normalized spacial score (nSPS) is 20.5. The highest BCUT2D eigenvalue weighted by atomic mass is 19.1. The van der Waals surface area contributed by atoms with Crippen molar-refractivity contribution in [2.45, 2.75) is 38.8 Å². The molecule has 2 nitrogen and oxygen atoms in total. The number of rotatable bonds is 2. The maximum absolute atomic E-state index is 13.1. The van der Waals surface area contributed by atoms with E-state index in [0.29, 0.717) is 25.2 Å². The van der Waals surface area contributed by atoms with Crippen molar-refractivity contribution in [2.24, 2.45) is 0 Å². The first-order chi connectivity index (χ1) is 7.97. The summed E-state index contributed by atoms with van der Waals surface area (Å²) in [6.45, 7) is 5.62. The SMILES string of the molecule is CC1(C)CC(=O)CCN1Cc1cccc(F)c1. The number of Topliss-reactive ketones (excluding diaryl/α,β-unsaturated/α-hetero) is 1. The van der Waals surface area contributed by atoms with Gasteiger partial charge in [-0.1, -0.05) is 12.1 Å². The Bertz CT molecular complexity index is 428. The maximum Gasteiger partial charge on any atom is 0.136 e. The number of halogens is 1. The first kappa shape index (κ1) is 12.2. The predicted octanol–water partition coefficient (Wildman–Crippen LogP) is 2.77. The molecular formula is C14H18FNO. The molecule has 2 rings (SSSR count). The lowest BCUT2D eigenvalue weighted by molar-refractivity contribution is -0.125. The average molecular weight is 235 g/mol. The molecule has 1 heterocycles. The van der Waals surface area contributed by atoms with Crippen molar-refractivity contribution >= 4 is 5.78 Å². The van der Waals surface area contributed by atoms with Crippen LogP contribution < -0.4 is 0 Å². The zero-order chi connectivity index (χ0) is 12.5. The topological polar surface area (TPSA) is 20.3 Å². The van der Waals surface area contributed by atoms with E-state index in [1.165, 1.54) is 6.07 Å². The third-order valence-corrected chi connectivity index (χ3v) is 3.41. The lowest BCUT2D eigenvalue weighted by Crippen LogP contribution is -2.49. The van der Waals surface area contributed by atoms with Crippen LogP contribution in [0.15, 0.2) is 24.3 Å². The number of piperidine rings is 1. The van der Waals surface area contributed by atoms with Crippen LogP contribution in [-0.4, -0.2) is 22.8 Å². The zero-order valence-electron chi connectivity index (χ0n) is 10.4. The smallest absolute Gasteiger partial charge is 0.136 e. The molecule has 0 amide bonds. The van der Waals surface area contributed by atoms with Crippen molar-refractivity contribution in [2.75, 3.05) is 6.54 Å². The molecule has 0 aromatic heterocycles. The third-order valence-electron chi connectivity index (χ3n) is 3.41. The van der Waals surface area contributed by atoms with E-state index in [0.717, 1.165) is 12.1 Å². The highest BCUT2D eigenvalue weighted by Gasteiger charge is 2.33. The van der Waals surface area contributed by atoms with Crippen LogP contribution in [0, 0.1) is 5.82 Å². The fourth-order valence-electron chi connectivity index (χ4n) is 2.39. The molecule has 0 aliphatic carbocycles. The van der Waals surface area contributed by atoms with Crippen molar-refractivity contribution in [3.63, 3.8) is 0 Å². The molecule has 1 saturated heterocycles. The Labute approximate surface area is 101 Å². The molecule has 1 aliphatic rings. The zero-order valence-corrected chi connectivity index (χ0v) is 10.4. The van der Waals surface area contributed by atoms with Gasteiger partial charge in [0.25, 0.3) is 0 Å². The fraction of sp³-hybridized carbons (Fsp3) is 0.500. The molecular weight excluding hydrogens is 217 g/mol. The van der Waals surface area contributed by atoms with Crippen LogP contribution in [0.2, 0.25) is 0 Å². The number of carbonyl (C=O) groups is 1. The van der Waals surface area contributed by atoms with Crippen molar-refractivity contribution in [1.82, 2.24) is 4.90 Å². The standard InChI is InChI=1S/C14H18FNO/c1-14(2)9-13(17)6-7-16(14)10-11-4-3-5-12(15)8-11/h3-5,8H,6-7,9-10H2,1-2H3. The van der Waals surface area contributed by atoms with Gasteiger partial charge in [0.15, 0.2) is 0 Å². The Morgan fingerprint density at radius 1 is 1.41 bits per heavy atom. The molecule has 0 saturated carbocycles. The number of carbonyl (C=O) groups excluding carboxylic acids is 1. The molecule has 92 valence electrons. The van der Waals surface area contributed by atoms with Gasteiger partial charge in [-0.25, -0.2) is 4.39 Å². The van der Waals surface area contributed by atoms with Gasteiger partial charge in [-0.2, -0.15) is 0 Å². The monoisotopic (exact) mass is 235 g/mol. The number of ketones is 1. The summed E-state index contributed by atoms with van der Waals surface area (Å²) in [4.78, 5) is 13.7. The van der Waals surface area contributed by atoms with E-state index in [2.05, 4.69) is 18.7 Å². The molecule has 0 N–H and O–H groups in total. The van der Waals surface area contributed by atoms with E-state index in [4.69, 9.17) is 0 Å². The minimum absolute atomic E-state index is 0.123. The molecule has 0 bridgehead atoms. The molecule has 0 radical (unpaired) electrons. The van der Waals surface area contributed by atoms with Crippen LogP contribution in [-0.2, 0) is 11.3 Å². The van der Waals surface area contributed by atoms with E-state index in [9.17, 15) is 9.18 Å². The summed E-state index contributed by atoms with van der Waals surface area (Å²) in [5.74, 6) is 0.124. The van der Waals surface area contributed by atoms with E-state index in [1.54, 1.807) is 12.1 Å². The van der Waals surface area contributed by atoms with Gasteiger partial charge >= 0.3 is 0 Å². The summed E-state index contributed by atoms with van der Waals surface area (Å²) in [5.41, 5.74) is 0.842. The molecule has 0 unspecified atom stereocenters. The van der Waals surface area contributed by atoms with Crippen LogP contribution in [0.25, 0.3) is 0 Å². The van der Waals surface area contributed by atoms with Crippen LogP contribution >= 0.6 is 0 Å². The van der Waals surface area contributed by atoms with Gasteiger partial charge in [-0.3, -0.25) is 9.69 Å². The Morgan fingerprint density at radius 2 is 2.18 bits per heavy atom. The van der Waals surface area contributed by atoms with Crippen LogP contribution in [0.5, 0.6) is 0 Å². The summed E-state index contributed by atoms with van der Waals surface area (Å²) >= 11 is 0. The second-order valence-corrected chi connectivity index (χ2v) is 5.33. The lowest BCUT2D eigenvalue weighted by atomic mass is 9.89. The second kappa shape index (κ2) is 4.57. The van der Waals surface area contributed by atoms with E-state index >= 15 is 0 Å². The van der Waals surface area contributed by atoms with Crippen molar-refractivity contribution in [1.29, 1.82) is 0 Å². The van der Waals surface area contributed by atoms with Crippen LogP contribution in [0.3, 0.4) is 0 Å². The van der Waals surface area contributed by atoms with E-state index in [-0.39, 0.29) is 11.4 Å². The first-order valence-electron chi connectivity index (χ1n) is 5.98. The molecule has 1 fully saturated rings. The maximum atomic E-state index is 13.1. The summed E-state index contributed by atoms with van der Waals surface area (Å²) in [5, 5.41) is 0. The lowest BCUT2D eigenvalue weighted by Gasteiger charge is -2.41. The summed E-state index contributed by atoms with van der Waals surface area (Å²) in [6, 6.07) is 6.67. The van der Waals surface area contributed by atoms with Crippen molar-refractivity contribution in [3.8, 4) is 0 Å². The minimum Gasteiger partial charge on any atom is -0.300 e. The third kappa shape index (κ3) is 2.91. The first-order valence-corrected chi connectivity index (χ1v) is 5.98. The molecule has 1 aliphatic heterocycles. The Kier molecular flexibility index (Phi) is 3.29. The number of benzene rings is 1. The van der Waals surface area contributed by atoms with Crippen molar-refractivity contribution < 1.29 is 9.18 Å². The van der Waals surface area contributed by atoms with Crippen LogP contribution in [0.4, 0.5) is 4.39 Å². The molecule has 0 atom stereocenters. The predicted molar refractivity (Wildman–Crippen MR) is 65.1 cm³/mol. The quantitative estimate of drug-likeness (QED) is 0.785. The van der Waals surface area contributed by atoms with Crippen LogP contribution in [0.1, 0.15) is 32.3 Å². The second-order valence-electron chi connectivity index (χ2n) is 5.33. The Morgan fingerprint density at radius 3 is 2.82 bits per heavy atom. The van der Waals surface area contributed by atoms with Gasteiger partial charge in [0, 0.05) is 31.5 Å². The van der Waals surface area contributed by atoms with Gasteiger partial charge in [0.1, 0.15) is 11.6 Å². The Balaban J connectivity index is 2.10. The summed E-state index contributed by atoms with van der Waals surface area (Å²) < 4.78 is 13.1. The summed E-state index contributed by atoms with van der Waals surface area (Å²) in [6.07, 6.45) is 1.20. The van der Waals surface area contributed by atoms with Gasteiger partial charge in [-0.05, 0) is 31.5 Å². The van der Waals surface area contributed by atoms with E-state index in [1.807, 2.05) is 6.07 Å². The minimum atomic E-state index is -0.201. The molecule has 17 heavy (non-hydrogen) atoms. The average Bonchev–Trinajstić information content (AvgIpc) is 2.21. The highest BCUT2D eigenvalue weighted by molar-refractivity contribution is 5.80. The largest absolute Gasteiger partial charge is 0.300 e. The molecule has 1 aromatic carbocycles. The van der Waals surface area contributed by atoms with Gasteiger partial charge in [0.2, 0.25) is 0 Å². The van der Waals surface area contributed by atoms with E-state index < -0.39 is 0 Å². The fourth-order valence-corrected chi connectivity index (χ4v) is 2.39. The van der Waals surface area contributed by atoms with Crippen molar-refractivity contribution in [3.05, 3.63) is 35.6 Å². The number of hydrogen-bond donors (Lipinski definition) is 0. The number of likely N-dealkylation sites (tertiary alicyclic amines) is 1. The Hall–Kier alpha value is -1.22. The number of nitrogens with zero attached hydrogens (tertiary/aromatic N) is 1. The molecule has 1 aromatic rings.